The number of hydrogen-bond donors (Lipinski definition) is 1. The zero-order valence-electron chi connectivity index (χ0n) is 11.2. The van der Waals surface area contributed by atoms with Gasteiger partial charge in [0.05, 0.1) is 12.8 Å². The van der Waals surface area contributed by atoms with E-state index in [-0.39, 0.29) is 18.1 Å². The van der Waals surface area contributed by atoms with Crippen LogP contribution in [0.5, 0.6) is 0 Å². The van der Waals surface area contributed by atoms with Crippen LogP contribution in [0.3, 0.4) is 0 Å². The first-order valence-corrected chi connectivity index (χ1v) is 5.75. The van der Waals surface area contributed by atoms with Gasteiger partial charge in [-0.05, 0) is 18.4 Å². The highest BCUT2D eigenvalue weighted by Crippen LogP contribution is 2.28. The molecule has 0 spiro atoms. The fourth-order valence-electron chi connectivity index (χ4n) is 1.67. The van der Waals surface area contributed by atoms with E-state index in [0.29, 0.717) is 11.4 Å². The maximum absolute atomic E-state index is 13.0. The number of rotatable bonds is 3. The summed E-state index contributed by atoms with van der Waals surface area (Å²) in [5.74, 6) is 0.214. The lowest BCUT2D eigenvalue weighted by Crippen LogP contribution is -2.40. The number of hydrogen-bond acceptors (Lipinski definition) is 3. The molecule has 17 heavy (non-hydrogen) atoms. The number of aliphatic hydroxyl groups excluding tert-OH is 1. The predicted octanol–water partition coefficient (Wildman–Crippen LogP) is 2.58. The first kappa shape index (κ1) is 13.9. The van der Waals surface area contributed by atoms with Crippen molar-refractivity contribution in [3.63, 3.8) is 0 Å². The van der Waals surface area contributed by atoms with Gasteiger partial charge in [-0.2, -0.15) is 0 Å². The molecule has 0 aliphatic rings. The fourth-order valence-corrected chi connectivity index (χ4v) is 1.67. The van der Waals surface area contributed by atoms with Gasteiger partial charge in [-0.3, -0.25) is 0 Å². The summed E-state index contributed by atoms with van der Waals surface area (Å²) >= 11 is 0. The first-order valence-electron chi connectivity index (χ1n) is 5.75. The van der Waals surface area contributed by atoms with Crippen LogP contribution in [0.4, 0.5) is 10.2 Å². The van der Waals surface area contributed by atoms with Crippen molar-refractivity contribution in [2.45, 2.75) is 40.3 Å². The van der Waals surface area contributed by atoms with E-state index in [9.17, 15) is 9.50 Å². The Balaban J connectivity index is 3.08. The summed E-state index contributed by atoms with van der Waals surface area (Å²) in [7, 11) is 1.91. The van der Waals surface area contributed by atoms with Crippen LogP contribution in [-0.4, -0.2) is 23.2 Å². The molecule has 0 saturated heterocycles. The number of halogens is 1. The van der Waals surface area contributed by atoms with Gasteiger partial charge in [0.1, 0.15) is 11.6 Å². The van der Waals surface area contributed by atoms with Crippen molar-refractivity contribution in [1.29, 1.82) is 0 Å². The molecule has 3 nitrogen and oxygen atoms in total. The van der Waals surface area contributed by atoms with Crippen LogP contribution < -0.4 is 4.90 Å². The van der Waals surface area contributed by atoms with E-state index < -0.39 is 5.82 Å². The maximum atomic E-state index is 13.0. The zero-order valence-corrected chi connectivity index (χ0v) is 11.2. The average Bonchev–Trinajstić information content (AvgIpc) is 2.25. The molecule has 4 heteroatoms. The second kappa shape index (κ2) is 5.00. The Bertz CT molecular complexity index is 387. The molecule has 96 valence electrons. The van der Waals surface area contributed by atoms with Gasteiger partial charge in [0.15, 0.2) is 0 Å². The summed E-state index contributed by atoms with van der Waals surface area (Å²) in [5.41, 5.74) is 0.598. The molecule has 1 rings (SSSR count). The molecule has 0 saturated carbocycles. The van der Waals surface area contributed by atoms with Crippen LogP contribution in [-0.2, 0) is 6.61 Å². The van der Waals surface area contributed by atoms with E-state index in [1.807, 2.05) is 11.9 Å². The summed E-state index contributed by atoms with van der Waals surface area (Å²) in [6, 6.07) is 1.56. The van der Waals surface area contributed by atoms with Gasteiger partial charge < -0.3 is 10.0 Å². The van der Waals surface area contributed by atoms with Gasteiger partial charge in [-0.25, -0.2) is 9.37 Å². The van der Waals surface area contributed by atoms with Crippen molar-refractivity contribution in [2.24, 2.45) is 5.41 Å². The van der Waals surface area contributed by atoms with Gasteiger partial charge in [0.2, 0.25) is 0 Å². The largest absolute Gasteiger partial charge is 0.392 e. The van der Waals surface area contributed by atoms with E-state index >= 15 is 0 Å². The van der Waals surface area contributed by atoms with Crippen LogP contribution in [0.1, 0.15) is 33.3 Å². The third-order valence-corrected chi connectivity index (χ3v) is 3.25. The van der Waals surface area contributed by atoms with E-state index in [2.05, 4.69) is 32.7 Å². The second-order valence-corrected chi connectivity index (χ2v) is 5.45. The monoisotopic (exact) mass is 240 g/mol. The summed E-state index contributed by atoms with van der Waals surface area (Å²) in [5, 5.41) is 9.24. The smallest absolute Gasteiger partial charge is 0.142 e. The Hall–Kier alpha value is -1.16. The van der Waals surface area contributed by atoms with Gasteiger partial charge >= 0.3 is 0 Å². The first-order chi connectivity index (χ1) is 7.77. The Morgan fingerprint density at radius 2 is 2.06 bits per heavy atom. The quantitative estimate of drug-likeness (QED) is 0.882. The highest BCUT2D eigenvalue weighted by Gasteiger charge is 2.26. The molecule has 0 amide bonds. The summed E-state index contributed by atoms with van der Waals surface area (Å²) < 4.78 is 13.0. The normalized spacial score (nSPS) is 13.6. The van der Waals surface area contributed by atoms with Crippen molar-refractivity contribution < 1.29 is 9.50 Å². The van der Waals surface area contributed by atoms with Gasteiger partial charge in [-0.15, -0.1) is 0 Å². The number of nitrogens with zero attached hydrogens (tertiary/aromatic N) is 2. The lowest BCUT2D eigenvalue weighted by atomic mass is 9.87. The molecule has 1 aromatic rings. The predicted molar refractivity (Wildman–Crippen MR) is 67.4 cm³/mol. The lowest BCUT2D eigenvalue weighted by Gasteiger charge is -2.36. The van der Waals surface area contributed by atoms with E-state index in [0.717, 1.165) is 0 Å². The van der Waals surface area contributed by atoms with Crippen LogP contribution in [0, 0.1) is 11.2 Å². The summed E-state index contributed by atoms with van der Waals surface area (Å²) in [6.45, 7) is 8.29. The standard InChI is InChI=1S/C13H21FN2O/c1-9(13(2,3)4)16(5)12-10(8-17)6-11(14)7-15-12/h6-7,9,17H,8H2,1-5H3. The highest BCUT2D eigenvalue weighted by molar-refractivity contribution is 5.47. The molecule has 1 heterocycles. The minimum absolute atomic E-state index is 0.0809. The Labute approximate surface area is 102 Å². The fraction of sp³-hybridized carbons (Fsp3) is 0.615. The van der Waals surface area contributed by atoms with Gasteiger partial charge in [0, 0.05) is 18.7 Å². The minimum Gasteiger partial charge on any atom is -0.392 e. The topological polar surface area (TPSA) is 36.4 Å². The van der Waals surface area contributed by atoms with Crippen molar-refractivity contribution in [2.75, 3.05) is 11.9 Å². The molecular weight excluding hydrogens is 219 g/mol. The Morgan fingerprint density at radius 1 is 1.47 bits per heavy atom. The lowest BCUT2D eigenvalue weighted by molar-refractivity contribution is 0.279. The third-order valence-electron chi connectivity index (χ3n) is 3.25. The summed E-state index contributed by atoms with van der Waals surface area (Å²) in [4.78, 5) is 6.05. The van der Waals surface area contributed by atoms with Crippen LogP contribution in [0.25, 0.3) is 0 Å². The van der Waals surface area contributed by atoms with Gasteiger partial charge in [0.25, 0.3) is 0 Å². The third kappa shape index (κ3) is 3.16. The van der Waals surface area contributed by atoms with Crippen LogP contribution in [0.2, 0.25) is 0 Å². The number of pyridine rings is 1. The van der Waals surface area contributed by atoms with E-state index in [1.54, 1.807) is 0 Å². The van der Waals surface area contributed by atoms with Crippen molar-refractivity contribution in [3.8, 4) is 0 Å². The van der Waals surface area contributed by atoms with Crippen LogP contribution >= 0.6 is 0 Å². The molecule has 0 aromatic carbocycles. The molecule has 1 atom stereocenters. The SMILES string of the molecule is CC(N(C)c1ncc(F)cc1CO)C(C)(C)C. The summed E-state index contributed by atoms with van der Waals surface area (Å²) in [6.07, 6.45) is 1.18. The van der Waals surface area contributed by atoms with Crippen LogP contribution in [0.15, 0.2) is 12.3 Å². The average molecular weight is 240 g/mol. The van der Waals surface area contributed by atoms with Gasteiger partial charge in [-0.1, -0.05) is 20.8 Å². The van der Waals surface area contributed by atoms with Crippen molar-refractivity contribution in [3.05, 3.63) is 23.6 Å². The Morgan fingerprint density at radius 3 is 2.53 bits per heavy atom. The Kier molecular flexibility index (Phi) is 4.09. The zero-order chi connectivity index (χ0) is 13.2. The number of aromatic nitrogens is 1. The van der Waals surface area contributed by atoms with E-state index in [4.69, 9.17) is 0 Å². The van der Waals surface area contributed by atoms with Crippen molar-refractivity contribution >= 4 is 5.82 Å². The molecule has 0 aliphatic carbocycles. The molecule has 0 bridgehead atoms. The second-order valence-electron chi connectivity index (χ2n) is 5.45. The molecule has 0 aliphatic heterocycles. The molecule has 1 aromatic heterocycles. The molecule has 0 radical (unpaired) electrons. The molecule has 1 unspecified atom stereocenters. The molecule has 0 fully saturated rings. The maximum Gasteiger partial charge on any atom is 0.142 e. The van der Waals surface area contributed by atoms with Crippen molar-refractivity contribution in [1.82, 2.24) is 4.98 Å². The number of aliphatic hydroxyl groups is 1. The molecule has 1 N–H and O–H groups in total. The van der Waals surface area contributed by atoms with E-state index in [1.165, 1.54) is 12.3 Å². The number of anilines is 1. The molecular formula is C13H21FN2O. The highest BCUT2D eigenvalue weighted by atomic mass is 19.1. The minimum atomic E-state index is -0.422.